The second-order valence-electron chi connectivity index (χ2n) is 9.11. The lowest BCUT2D eigenvalue weighted by Crippen LogP contribution is -2.47. The van der Waals surface area contributed by atoms with Gasteiger partial charge in [-0.05, 0) is 36.7 Å². The summed E-state index contributed by atoms with van der Waals surface area (Å²) in [5, 5.41) is 22.6. The first-order valence-corrected chi connectivity index (χ1v) is 12.6. The molecule has 3 amide bonds. The van der Waals surface area contributed by atoms with Crippen LogP contribution in [-0.2, 0) is 26.7 Å². The molecular weight excluding hydrogens is 589 g/mol. The Morgan fingerprint density at radius 1 is 0.907 bits per heavy atom. The summed E-state index contributed by atoms with van der Waals surface area (Å²) < 4.78 is 74.6. The number of hydrogen-bond acceptors (Lipinski definition) is 8. The van der Waals surface area contributed by atoms with Crippen LogP contribution in [0, 0.1) is 6.92 Å². The minimum atomic E-state index is -4.79. The molecular formula is C25H33BF6N6O5. The number of carbonyl (C=O) groups excluding carboxylic acids is 3. The van der Waals surface area contributed by atoms with Gasteiger partial charge in [-0.25, -0.2) is 0 Å². The van der Waals surface area contributed by atoms with Crippen LogP contribution in [0.4, 0.5) is 32.0 Å². The second-order valence-corrected chi connectivity index (χ2v) is 9.11. The molecule has 0 saturated carbocycles. The Labute approximate surface area is 243 Å². The Morgan fingerprint density at radius 2 is 1.44 bits per heavy atom. The molecule has 0 radical (unpaired) electrons. The van der Waals surface area contributed by atoms with E-state index in [4.69, 9.17) is 27.2 Å². The molecule has 0 aromatic heterocycles. The van der Waals surface area contributed by atoms with E-state index in [1.807, 2.05) is 0 Å². The molecule has 238 valence electrons. The summed E-state index contributed by atoms with van der Waals surface area (Å²) >= 11 is 0. The number of nitrogens with zero attached hydrogens (tertiary/aromatic N) is 1. The first-order valence-electron chi connectivity index (χ1n) is 12.6. The van der Waals surface area contributed by atoms with Crippen molar-refractivity contribution in [1.29, 1.82) is 0 Å². The summed E-state index contributed by atoms with van der Waals surface area (Å²) in [5.41, 5.74) is 14.7. The molecule has 18 heteroatoms. The number of rotatable bonds is 11. The first-order chi connectivity index (χ1) is 19.9. The van der Waals surface area contributed by atoms with Gasteiger partial charge in [0, 0.05) is 31.9 Å². The Hall–Kier alpha value is -3.71. The van der Waals surface area contributed by atoms with Crippen molar-refractivity contribution in [2.24, 2.45) is 17.2 Å². The number of halogens is 6. The number of benzene rings is 2. The van der Waals surface area contributed by atoms with Crippen molar-refractivity contribution >= 4 is 36.0 Å². The molecule has 0 aliphatic rings. The number of alkyl halides is 6. The highest BCUT2D eigenvalue weighted by Gasteiger charge is 2.32. The summed E-state index contributed by atoms with van der Waals surface area (Å²) in [6.07, 6.45) is -9.37. The number of anilines is 1. The molecule has 43 heavy (non-hydrogen) atoms. The minimum Gasteiger partial charge on any atom is -0.423 e. The standard InChI is InChI=1S/C17H26BF3N6O5.C8H7F3/c19-17(20,21)10-5-11(18(31)32)7-12(6-10)26-14(28)9-25-16(30)13(24)8-15(29)27(3-1-22)4-2-23;1-6-2-4-7(5-3-6)8(9,10)11/h5-7,13,31-32H,1-4,8-9,22-24H2,(H,25,30)(H,26,28);2-5H,1H3. The van der Waals surface area contributed by atoms with Crippen LogP contribution in [0.3, 0.4) is 0 Å². The highest BCUT2D eigenvalue weighted by molar-refractivity contribution is 6.58. The van der Waals surface area contributed by atoms with Gasteiger partial charge in [-0.15, -0.1) is 0 Å². The molecule has 1 atom stereocenters. The van der Waals surface area contributed by atoms with E-state index in [2.05, 4.69) is 10.6 Å². The van der Waals surface area contributed by atoms with Crippen molar-refractivity contribution in [3.8, 4) is 0 Å². The van der Waals surface area contributed by atoms with Crippen LogP contribution >= 0.6 is 0 Å². The molecule has 1 unspecified atom stereocenters. The van der Waals surface area contributed by atoms with Crippen LogP contribution in [0.15, 0.2) is 42.5 Å². The van der Waals surface area contributed by atoms with Crippen molar-refractivity contribution < 1.29 is 50.8 Å². The lowest BCUT2D eigenvalue weighted by atomic mass is 9.79. The van der Waals surface area contributed by atoms with Crippen LogP contribution in [-0.4, -0.2) is 78.6 Å². The van der Waals surface area contributed by atoms with Crippen LogP contribution in [0.2, 0.25) is 0 Å². The predicted molar refractivity (Wildman–Crippen MR) is 146 cm³/mol. The Balaban J connectivity index is 0.000000699. The zero-order chi connectivity index (χ0) is 33.0. The van der Waals surface area contributed by atoms with E-state index in [9.17, 15) is 40.7 Å². The number of nitrogens with two attached hydrogens (primary N) is 3. The van der Waals surface area contributed by atoms with Gasteiger partial charge >= 0.3 is 19.5 Å². The van der Waals surface area contributed by atoms with Gasteiger partial charge in [0.25, 0.3) is 0 Å². The van der Waals surface area contributed by atoms with Gasteiger partial charge in [0.05, 0.1) is 30.1 Å². The normalized spacial score (nSPS) is 12.0. The Bertz CT molecular complexity index is 1210. The molecule has 0 bridgehead atoms. The average Bonchev–Trinajstić information content (AvgIpc) is 2.90. The minimum absolute atomic E-state index is 0.192. The number of hydrogen-bond donors (Lipinski definition) is 7. The van der Waals surface area contributed by atoms with E-state index in [-0.39, 0.29) is 38.3 Å². The van der Waals surface area contributed by atoms with Crippen molar-refractivity contribution in [2.45, 2.75) is 31.7 Å². The third-order valence-corrected chi connectivity index (χ3v) is 5.55. The third-order valence-electron chi connectivity index (χ3n) is 5.55. The summed E-state index contributed by atoms with van der Waals surface area (Å²) in [7, 11) is -2.19. The molecule has 0 fully saturated rings. The first kappa shape index (κ1) is 37.3. The summed E-state index contributed by atoms with van der Waals surface area (Å²) in [6.45, 7) is 1.95. The van der Waals surface area contributed by atoms with Gasteiger partial charge in [0.15, 0.2) is 0 Å². The van der Waals surface area contributed by atoms with Crippen LogP contribution < -0.4 is 33.3 Å². The number of nitrogens with one attached hydrogen (secondary N) is 2. The smallest absolute Gasteiger partial charge is 0.423 e. The SMILES string of the molecule is Cc1ccc(C(F)(F)F)cc1.NCCN(CCN)C(=O)CC(N)C(=O)NCC(=O)Nc1cc(B(O)O)cc(C(F)(F)F)c1. The molecule has 10 N–H and O–H groups in total. The zero-order valence-electron chi connectivity index (χ0n) is 23.0. The maximum Gasteiger partial charge on any atom is 0.488 e. The maximum atomic E-state index is 13.0. The molecule has 2 aromatic rings. The van der Waals surface area contributed by atoms with Crippen LogP contribution in [0.25, 0.3) is 0 Å². The predicted octanol–water partition coefficient (Wildman–Crippen LogP) is -0.0829. The zero-order valence-corrected chi connectivity index (χ0v) is 23.0. The van der Waals surface area contributed by atoms with Crippen molar-refractivity contribution in [2.75, 3.05) is 38.0 Å². The quantitative estimate of drug-likeness (QED) is 0.133. The average molecular weight is 622 g/mol. The molecule has 11 nitrogen and oxygen atoms in total. The van der Waals surface area contributed by atoms with Crippen molar-refractivity contribution in [3.63, 3.8) is 0 Å². The summed E-state index contributed by atoms with van der Waals surface area (Å²) in [6, 6.07) is 5.83. The van der Waals surface area contributed by atoms with E-state index < -0.39 is 66.4 Å². The van der Waals surface area contributed by atoms with Gasteiger partial charge in [-0.1, -0.05) is 23.8 Å². The highest BCUT2D eigenvalue weighted by atomic mass is 19.4. The number of carbonyl (C=O) groups is 3. The Morgan fingerprint density at radius 3 is 1.91 bits per heavy atom. The second kappa shape index (κ2) is 16.8. The monoisotopic (exact) mass is 622 g/mol. The molecule has 0 saturated heterocycles. The fourth-order valence-electron chi connectivity index (χ4n) is 3.37. The van der Waals surface area contributed by atoms with E-state index >= 15 is 0 Å². The highest BCUT2D eigenvalue weighted by Crippen LogP contribution is 2.30. The van der Waals surface area contributed by atoms with Gasteiger partial charge in [-0.2, -0.15) is 26.3 Å². The number of aryl methyl sites for hydroxylation is 1. The maximum absolute atomic E-state index is 13.0. The van der Waals surface area contributed by atoms with E-state index in [1.54, 1.807) is 6.92 Å². The van der Waals surface area contributed by atoms with Gasteiger partial charge < -0.3 is 42.8 Å². The molecule has 0 heterocycles. The largest absolute Gasteiger partial charge is 0.488 e. The lowest BCUT2D eigenvalue weighted by molar-refractivity contribution is -0.138. The molecule has 2 rings (SSSR count). The molecule has 0 spiro atoms. The van der Waals surface area contributed by atoms with E-state index in [0.717, 1.165) is 23.8 Å². The van der Waals surface area contributed by atoms with Gasteiger partial charge in [-0.3, -0.25) is 14.4 Å². The van der Waals surface area contributed by atoms with E-state index in [1.165, 1.54) is 17.0 Å². The number of amides is 3. The van der Waals surface area contributed by atoms with Crippen LogP contribution in [0.5, 0.6) is 0 Å². The van der Waals surface area contributed by atoms with Gasteiger partial charge in [0.1, 0.15) is 0 Å². The summed E-state index contributed by atoms with van der Waals surface area (Å²) in [4.78, 5) is 37.6. The lowest BCUT2D eigenvalue weighted by Gasteiger charge is -2.22. The fraction of sp³-hybridized carbons (Fsp3) is 0.400. The van der Waals surface area contributed by atoms with Crippen LogP contribution in [0.1, 0.15) is 23.1 Å². The Kier molecular flexibility index (Phi) is 14.6. The van der Waals surface area contributed by atoms with Crippen molar-refractivity contribution in [1.82, 2.24) is 10.2 Å². The fourth-order valence-corrected chi connectivity index (χ4v) is 3.37. The topological polar surface area (TPSA) is 197 Å². The molecule has 2 aromatic carbocycles. The van der Waals surface area contributed by atoms with Gasteiger partial charge in [0.2, 0.25) is 17.7 Å². The third kappa shape index (κ3) is 13.4. The van der Waals surface area contributed by atoms with Crippen molar-refractivity contribution in [3.05, 3.63) is 59.2 Å². The summed E-state index contributed by atoms with van der Waals surface area (Å²) in [5.74, 6) is -2.18. The molecule has 0 aliphatic carbocycles. The molecule has 0 aliphatic heterocycles. The van der Waals surface area contributed by atoms with E-state index in [0.29, 0.717) is 12.1 Å².